The van der Waals surface area contributed by atoms with Gasteiger partial charge >= 0.3 is 0 Å². The SMILES string of the molecule is COc1cc2c(cc1OC)-c1nnc(-c3ccc(Br)o3)n1C(C)(C)C2. The van der Waals surface area contributed by atoms with E-state index in [0.717, 1.165) is 29.1 Å². The molecular weight excluding hydrogens is 386 g/mol. The Morgan fingerprint density at radius 1 is 1.08 bits per heavy atom. The average Bonchev–Trinajstić information content (AvgIpc) is 3.20. The Morgan fingerprint density at radius 3 is 2.40 bits per heavy atom. The second-order valence-corrected chi connectivity index (χ2v) is 7.42. The van der Waals surface area contributed by atoms with Gasteiger partial charge in [0.15, 0.2) is 27.8 Å². The number of halogens is 1. The van der Waals surface area contributed by atoms with Crippen LogP contribution >= 0.6 is 15.9 Å². The molecule has 0 amide bonds. The lowest BCUT2D eigenvalue weighted by molar-refractivity contribution is 0.339. The molecule has 130 valence electrons. The Morgan fingerprint density at radius 2 is 1.76 bits per heavy atom. The van der Waals surface area contributed by atoms with Crippen LogP contribution in [0.15, 0.2) is 33.4 Å². The fourth-order valence-electron chi connectivity index (χ4n) is 3.45. The van der Waals surface area contributed by atoms with Crippen molar-refractivity contribution in [3.8, 4) is 34.5 Å². The lowest BCUT2D eigenvalue weighted by Gasteiger charge is -2.34. The van der Waals surface area contributed by atoms with Gasteiger partial charge in [0.25, 0.3) is 0 Å². The lowest BCUT2D eigenvalue weighted by Crippen LogP contribution is -2.33. The Hall–Kier alpha value is -2.28. The highest BCUT2D eigenvalue weighted by Gasteiger charge is 2.36. The summed E-state index contributed by atoms with van der Waals surface area (Å²) >= 11 is 3.35. The molecule has 0 spiro atoms. The van der Waals surface area contributed by atoms with Crippen LogP contribution in [-0.4, -0.2) is 29.0 Å². The second kappa shape index (κ2) is 5.62. The molecule has 0 bridgehead atoms. The zero-order valence-electron chi connectivity index (χ0n) is 14.5. The number of furan rings is 1. The van der Waals surface area contributed by atoms with Crippen LogP contribution in [0.1, 0.15) is 19.4 Å². The summed E-state index contributed by atoms with van der Waals surface area (Å²) in [5.41, 5.74) is 1.95. The van der Waals surface area contributed by atoms with Gasteiger partial charge in [0.2, 0.25) is 5.82 Å². The highest BCUT2D eigenvalue weighted by molar-refractivity contribution is 9.10. The highest BCUT2D eigenvalue weighted by atomic mass is 79.9. The molecule has 6 nitrogen and oxygen atoms in total. The molecule has 0 radical (unpaired) electrons. The number of hydrogen-bond donors (Lipinski definition) is 0. The number of benzene rings is 1. The highest BCUT2D eigenvalue weighted by Crippen LogP contribution is 2.44. The maximum absolute atomic E-state index is 5.71. The van der Waals surface area contributed by atoms with Gasteiger partial charge in [-0.1, -0.05) is 0 Å². The molecule has 2 aromatic heterocycles. The summed E-state index contributed by atoms with van der Waals surface area (Å²) in [6, 6.07) is 7.74. The van der Waals surface area contributed by atoms with Crippen LogP contribution in [-0.2, 0) is 12.0 Å². The number of nitrogens with zero attached hydrogens (tertiary/aromatic N) is 3. The van der Waals surface area contributed by atoms with E-state index in [0.29, 0.717) is 22.0 Å². The predicted octanol–water partition coefficient (Wildman–Crippen LogP) is 4.28. The first kappa shape index (κ1) is 16.2. The van der Waals surface area contributed by atoms with Gasteiger partial charge < -0.3 is 13.9 Å². The first-order valence-electron chi connectivity index (χ1n) is 7.91. The number of hydrogen-bond acceptors (Lipinski definition) is 5. The molecule has 4 rings (SSSR count). The molecule has 0 saturated heterocycles. The number of methoxy groups -OCH3 is 2. The van der Waals surface area contributed by atoms with Gasteiger partial charge in [-0.15, -0.1) is 10.2 Å². The van der Waals surface area contributed by atoms with Crippen molar-refractivity contribution in [3.63, 3.8) is 0 Å². The summed E-state index contributed by atoms with van der Waals surface area (Å²) in [5, 5.41) is 8.85. The molecule has 0 N–H and O–H groups in total. The summed E-state index contributed by atoms with van der Waals surface area (Å²) in [4.78, 5) is 0. The van der Waals surface area contributed by atoms with Crippen molar-refractivity contribution in [2.75, 3.05) is 14.2 Å². The molecule has 0 fully saturated rings. The molecule has 3 heterocycles. The van der Waals surface area contributed by atoms with E-state index in [1.165, 1.54) is 0 Å². The molecule has 0 atom stereocenters. The molecule has 0 saturated carbocycles. The minimum absolute atomic E-state index is 0.208. The standard InChI is InChI=1S/C18H18BrN3O3/c1-18(2)9-10-7-13(23-3)14(24-4)8-11(10)16-20-21-17(22(16)18)12-5-6-15(19)25-12/h5-8H,9H2,1-4H3. The van der Waals surface area contributed by atoms with Crippen molar-refractivity contribution in [2.24, 2.45) is 0 Å². The summed E-state index contributed by atoms with van der Waals surface area (Å²) in [6.45, 7) is 4.34. The second-order valence-electron chi connectivity index (χ2n) is 6.64. The fraction of sp³-hybridized carbons (Fsp3) is 0.333. The summed E-state index contributed by atoms with van der Waals surface area (Å²) in [6.07, 6.45) is 0.822. The van der Waals surface area contributed by atoms with E-state index in [1.54, 1.807) is 14.2 Å². The normalized spacial score (nSPS) is 14.8. The largest absolute Gasteiger partial charge is 0.493 e. The van der Waals surface area contributed by atoms with Crippen molar-refractivity contribution >= 4 is 15.9 Å². The Labute approximate surface area is 153 Å². The first-order chi connectivity index (χ1) is 11.9. The molecule has 3 aromatic rings. The topological polar surface area (TPSA) is 62.3 Å². The Bertz CT molecular complexity index is 959. The average molecular weight is 404 g/mol. The van der Waals surface area contributed by atoms with Gasteiger partial charge in [-0.2, -0.15) is 0 Å². The van der Waals surface area contributed by atoms with Crippen LogP contribution in [0.25, 0.3) is 23.0 Å². The monoisotopic (exact) mass is 403 g/mol. The minimum atomic E-state index is -0.208. The maximum atomic E-state index is 5.71. The van der Waals surface area contributed by atoms with Gasteiger partial charge in [-0.25, -0.2) is 0 Å². The molecule has 1 aliphatic heterocycles. The predicted molar refractivity (Wildman–Crippen MR) is 97.0 cm³/mol. The third kappa shape index (κ3) is 2.45. The van der Waals surface area contributed by atoms with Crippen molar-refractivity contribution in [3.05, 3.63) is 34.5 Å². The first-order valence-corrected chi connectivity index (χ1v) is 8.71. The third-order valence-corrected chi connectivity index (χ3v) is 4.96. The smallest absolute Gasteiger partial charge is 0.200 e. The maximum Gasteiger partial charge on any atom is 0.200 e. The van der Waals surface area contributed by atoms with Gasteiger partial charge in [0, 0.05) is 11.1 Å². The van der Waals surface area contributed by atoms with E-state index in [2.05, 4.69) is 44.5 Å². The number of rotatable bonds is 3. The minimum Gasteiger partial charge on any atom is -0.493 e. The van der Waals surface area contributed by atoms with E-state index in [1.807, 2.05) is 24.3 Å². The lowest BCUT2D eigenvalue weighted by atomic mass is 9.86. The van der Waals surface area contributed by atoms with Gasteiger partial charge in [-0.3, -0.25) is 4.57 Å². The molecule has 1 aromatic carbocycles. The van der Waals surface area contributed by atoms with Crippen LogP contribution in [0.3, 0.4) is 0 Å². The quantitative estimate of drug-likeness (QED) is 0.652. The molecule has 0 unspecified atom stereocenters. The summed E-state index contributed by atoms with van der Waals surface area (Å²) in [5.74, 6) is 3.60. The zero-order valence-corrected chi connectivity index (χ0v) is 16.0. The molecular formula is C18H18BrN3O3. The van der Waals surface area contributed by atoms with Crippen LogP contribution in [0.5, 0.6) is 11.5 Å². The van der Waals surface area contributed by atoms with Gasteiger partial charge in [0.05, 0.1) is 14.2 Å². The van der Waals surface area contributed by atoms with E-state index in [4.69, 9.17) is 13.9 Å². The van der Waals surface area contributed by atoms with Crippen molar-refractivity contribution < 1.29 is 13.9 Å². The Kier molecular flexibility index (Phi) is 3.64. The molecule has 1 aliphatic rings. The van der Waals surface area contributed by atoms with E-state index in [9.17, 15) is 0 Å². The van der Waals surface area contributed by atoms with Crippen molar-refractivity contribution in [2.45, 2.75) is 25.8 Å². The summed E-state index contributed by atoms with van der Waals surface area (Å²) in [7, 11) is 3.28. The number of aromatic nitrogens is 3. The zero-order chi connectivity index (χ0) is 17.8. The third-order valence-electron chi connectivity index (χ3n) is 4.54. The number of ether oxygens (including phenoxy) is 2. The Balaban J connectivity index is 1.96. The van der Waals surface area contributed by atoms with E-state index < -0.39 is 0 Å². The van der Waals surface area contributed by atoms with Gasteiger partial charge in [0.1, 0.15) is 0 Å². The fourth-order valence-corrected chi connectivity index (χ4v) is 3.75. The van der Waals surface area contributed by atoms with Gasteiger partial charge in [-0.05, 0) is 66.0 Å². The molecule has 7 heteroatoms. The van der Waals surface area contributed by atoms with E-state index in [-0.39, 0.29) is 5.54 Å². The van der Waals surface area contributed by atoms with E-state index >= 15 is 0 Å². The van der Waals surface area contributed by atoms with Crippen molar-refractivity contribution in [1.82, 2.24) is 14.8 Å². The van der Waals surface area contributed by atoms with Crippen LogP contribution in [0, 0.1) is 0 Å². The van der Waals surface area contributed by atoms with Crippen LogP contribution < -0.4 is 9.47 Å². The molecule has 0 aliphatic carbocycles. The summed E-state index contributed by atoms with van der Waals surface area (Å²) < 4.78 is 19.4. The van der Waals surface area contributed by atoms with Crippen LogP contribution in [0.2, 0.25) is 0 Å². The van der Waals surface area contributed by atoms with Crippen molar-refractivity contribution in [1.29, 1.82) is 0 Å². The number of fused-ring (bicyclic) bond motifs is 3. The molecule has 25 heavy (non-hydrogen) atoms. The van der Waals surface area contributed by atoms with Crippen LogP contribution in [0.4, 0.5) is 0 Å².